The van der Waals surface area contributed by atoms with Crippen LogP contribution in [0.5, 0.6) is 0 Å². The lowest BCUT2D eigenvalue weighted by atomic mass is 10.2. The van der Waals surface area contributed by atoms with Crippen LogP contribution in [0.25, 0.3) is 0 Å². The highest BCUT2D eigenvalue weighted by molar-refractivity contribution is 6.45. The molecule has 0 aliphatic rings. The van der Waals surface area contributed by atoms with E-state index < -0.39 is 19.8 Å². The molecule has 0 fully saturated rings. The van der Waals surface area contributed by atoms with Crippen molar-refractivity contribution in [3.63, 3.8) is 0 Å². The van der Waals surface area contributed by atoms with E-state index in [-0.39, 0.29) is 0 Å². The van der Waals surface area contributed by atoms with Crippen molar-refractivity contribution < 1.29 is 8.91 Å². The fourth-order valence-electron chi connectivity index (χ4n) is 0.343. The molecule has 54 valence electrons. The van der Waals surface area contributed by atoms with Gasteiger partial charge in [0.15, 0.2) is 9.76 Å². The molecule has 0 atom stereocenters. The van der Waals surface area contributed by atoms with Crippen molar-refractivity contribution in [3.05, 3.63) is 11.8 Å². The van der Waals surface area contributed by atoms with Crippen LogP contribution in [-0.4, -0.2) is 24.6 Å². The molecular weight excluding hydrogens is 148 g/mol. The van der Waals surface area contributed by atoms with E-state index in [2.05, 4.69) is 20.4 Å². The molecule has 0 unspecified atom stereocenters. The van der Waals surface area contributed by atoms with Crippen LogP contribution in [-0.2, 0) is 4.12 Å². The molecule has 1 N–H and O–H groups in total. The molecule has 0 aromatic rings. The first kappa shape index (κ1) is 9.09. The quantitative estimate of drug-likeness (QED) is 0.551. The van der Waals surface area contributed by atoms with Crippen molar-refractivity contribution >= 4 is 19.8 Å². The standard InChI is InChI=1S/C5H14O2Si2/c1-4(2)5(3)8-7-9-6/h4,6H,3,8-9H2,1-2H3. The second kappa shape index (κ2) is 4.93. The van der Waals surface area contributed by atoms with Crippen molar-refractivity contribution in [1.82, 2.24) is 0 Å². The fraction of sp³-hybridized carbons (Fsp3) is 0.600. The van der Waals surface area contributed by atoms with Crippen LogP contribution >= 0.6 is 0 Å². The maximum absolute atomic E-state index is 8.41. The molecular formula is C5H14O2Si2. The average molecular weight is 162 g/mol. The molecule has 0 saturated heterocycles. The van der Waals surface area contributed by atoms with E-state index in [4.69, 9.17) is 8.91 Å². The van der Waals surface area contributed by atoms with Crippen LogP contribution in [0.2, 0.25) is 0 Å². The minimum absolute atomic E-state index is 0.525. The Morgan fingerprint density at radius 3 is 2.56 bits per heavy atom. The van der Waals surface area contributed by atoms with Gasteiger partial charge in [-0.2, -0.15) is 0 Å². The van der Waals surface area contributed by atoms with Crippen LogP contribution in [0.3, 0.4) is 0 Å². The molecule has 0 aromatic heterocycles. The van der Waals surface area contributed by atoms with Crippen LogP contribution in [0.4, 0.5) is 0 Å². The summed E-state index contributed by atoms with van der Waals surface area (Å²) in [4.78, 5) is 8.41. The van der Waals surface area contributed by atoms with Crippen molar-refractivity contribution in [3.8, 4) is 0 Å². The predicted octanol–water partition coefficient (Wildman–Crippen LogP) is -0.752. The minimum atomic E-state index is -1.16. The van der Waals surface area contributed by atoms with Gasteiger partial charge in [0, 0.05) is 0 Å². The molecule has 0 amide bonds. The third-order valence-corrected chi connectivity index (χ3v) is 3.93. The Morgan fingerprint density at radius 2 is 2.22 bits per heavy atom. The van der Waals surface area contributed by atoms with E-state index in [1.165, 1.54) is 5.20 Å². The second-order valence-electron chi connectivity index (χ2n) is 2.29. The highest BCUT2D eigenvalue weighted by atomic mass is 28.3. The summed E-state index contributed by atoms with van der Waals surface area (Å²) in [5.41, 5.74) is 0. The first-order chi connectivity index (χ1) is 4.18. The molecule has 0 spiro atoms. The summed E-state index contributed by atoms with van der Waals surface area (Å²) in [5, 5.41) is 1.19. The van der Waals surface area contributed by atoms with Crippen LogP contribution in [0.15, 0.2) is 11.8 Å². The highest BCUT2D eigenvalue weighted by Crippen LogP contribution is 2.03. The third-order valence-electron chi connectivity index (χ3n) is 1.20. The molecule has 0 heterocycles. The predicted molar refractivity (Wildman–Crippen MR) is 44.4 cm³/mol. The smallest absolute Gasteiger partial charge is 0.291 e. The van der Waals surface area contributed by atoms with E-state index in [1.54, 1.807) is 0 Å². The van der Waals surface area contributed by atoms with Gasteiger partial charge >= 0.3 is 0 Å². The van der Waals surface area contributed by atoms with Gasteiger partial charge < -0.3 is 8.91 Å². The van der Waals surface area contributed by atoms with Crippen molar-refractivity contribution in [2.75, 3.05) is 0 Å². The normalized spacial score (nSPS) is 12.9. The van der Waals surface area contributed by atoms with Crippen molar-refractivity contribution in [2.45, 2.75) is 13.8 Å². The highest BCUT2D eigenvalue weighted by Gasteiger charge is 1.99. The van der Waals surface area contributed by atoms with E-state index >= 15 is 0 Å². The van der Waals surface area contributed by atoms with E-state index in [1.807, 2.05) is 0 Å². The lowest BCUT2D eigenvalue weighted by molar-refractivity contribution is 0.470. The summed E-state index contributed by atoms with van der Waals surface area (Å²) >= 11 is 0. The number of allylic oxidation sites excluding steroid dienone is 1. The van der Waals surface area contributed by atoms with Gasteiger partial charge in [-0.1, -0.05) is 19.0 Å². The Bertz CT molecular complexity index is 93.0. The van der Waals surface area contributed by atoms with E-state index in [0.717, 1.165) is 0 Å². The molecule has 0 aliphatic carbocycles. The Morgan fingerprint density at radius 1 is 1.67 bits per heavy atom. The molecule has 0 aromatic carbocycles. The zero-order chi connectivity index (χ0) is 7.28. The topological polar surface area (TPSA) is 29.5 Å². The first-order valence-corrected chi connectivity index (χ1v) is 5.54. The van der Waals surface area contributed by atoms with Gasteiger partial charge in [0.1, 0.15) is 0 Å². The number of hydrogen-bond acceptors (Lipinski definition) is 2. The van der Waals surface area contributed by atoms with Gasteiger partial charge in [-0.3, -0.25) is 0 Å². The maximum atomic E-state index is 8.41. The third kappa shape index (κ3) is 4.59. The van der Waals surface area contributed by atoms with Gasteiger partial charge in [0.2, 0.25) is 0 Å². The first-order valence-electron chi connectivity index (χ1n) is 3.04. The molecule has 0 bridgehead atoms. The Hall–Kier alpha value is 0.0938. The Balaban J connectivity index is 3.28. The largest absolute Gasteiger partial charge is 0.442 e. The SMILES string of the molecule is C=C([SiH2]O[SiH2]O)C(C)C. The summed E-state index contributed by atoms with van der Waals surface area (Å²) < 4.78 is 4.99. The van der Waals surface area contributed by atoms with Crippen molar-refractivity contribution in [2.24, 2.45) is 5.92 Å². The summed E-state index contributed by atoms with van der Waals surface area (Å²) in [7, 11) is -1.75. The number of rotatable bonds is 4. The molecule has 2 nitrogen and oxygen atoms in total. The lowest BCUT2D eigenvalue weighted by Crippen LogP contribution is -2.09. The number of hydrogen-bond donors (Lipinski definition) is 1. The Labute approximate surface area is 60.9 Å². The molecule has 0 rings (SSSR count). The molecule has 0 aliphatic heterocycles. The van der Waals surface area contributed by atoms with Gasteiger partial charge in [-0.05, 0) is 5.92 Å². The van der Waals surface area contributed by atoms with Gasteiger partial charge in [-0.25, -0.2) is 0 Å². The zero-order valence-corrected chi connectivity index (χ0v) is 8.88. The lowest BCUT2D eigenvalue weighted by Gasteiger charge is -2.06. The zero-order valence-electron chi connectivity index (χ0n) is 6.05. The molecule has 4 heteroatoms. The summed E-state index contributed by atoms with van der Waals surface area (Å²) in [6.07, 6.45) is 0. The molecule has 0 radical (unpaired) electrons. The van der Waals surface area contributed by atoms with Crippen LogP contribution < -0.4 is 0 Å². The van der Waals surface area contributed by atoms with Crippen molar-refractivity contribution in [1.29, 1.82) is 0 Å². The van der Waals surface area contributed by atoms with E-state index in [9.17, 15) is 0 Å². The Kier molecular flexibility index (Phi) is 4.98. The van der Waals surface area contributed by atoms with Gasteiger partial charge in [-0.15, -0.1) is 6.58 Å². The second-order valence-corrected chi connectivity index (χ2v) is 5.38. The fourth-order valence-corrected chi connectivity index (χ4v) is 2.09. The van der Waals surface area contributed by atoms with Crippen LogP contribution in [0, 0.1) is 5.92 Å². The minimum Gasteiger partial charge on any atom is -0.442 e. The molecule has 9 heavy (non-hydrogen) atoms. The van der Waals surface area contributed by atoms with Gasteiger partial charge in [0.05, 0.1) is 0 Å². The monoisotopic (exact) mass is 162 g/mol. The average Bonchev–Trinajstić information content (AvgIpc) is 1.82. The summed E-state index contributed by atoms with van der Waals surface area (Å²) in [5.74, 6) is 0.525. The van der Waals surface area contributed by atoms with Crippen LogP contribution in [0.1, 0.15) is 13.8 Å². The summed E-state index contributed by atoms with van der Waals surface area (Å²) in [6, 6.07) is 0. The van der Waals surface area contributed by atoms with Gasteiger partial charge in [0.25, 0.3) is 10.0 Å². The summed E-state index contributed by atoms with van der Waals surface area (Å²) in [6.45, 7) is 8.03. The maximum Gasteiger partial charge on any atom is 0.291 e. The van der Waals surface area contributed by atoms with E-state index in [0.29, 0.717) is 5.92 Å². The molecule has 0 saturated carbocycles.